The van der Waals surface area contributed by atoms with Gasteiger partial charge in [0.05, 0.1) is 0 Å². The van der Waals surface area contributed by atoms with Crippen LogP contribution in [0.3, 0.4) is 0 Å². The lowest BCUT2D eigenvalue weighted by atomic mass is 9.65. The van der Waals surface area contributed by atoms with Gasteiger partial charge < -0.3 is 10.0 Å². The van der Waals surface area contributed by atoms with Gasteiger partial charge in [-0.3, -0.25) is 9.59 Å². The highest BCUT2D eigenvalue weighted by atomic mass is 35.5. The number of aldehydes is 1. The van der Waals surface area contributed by atoms with Crippen molar-refractivity contribution in [3.63, 3.8) is 0 Å². The number of carbonyl (C=O) groups is 2. The van der Waals surface area contributed by atoms with Gasteiger partial charge in [-0.15, -0.1) is 12.4 Å². The number of pyridine rings is 1. The van der Waals surface area contributed by atoms with Crippen molar-refractivity contribution in [3.05, 3.63) is 23.9 Å². The first kappa shape index (κ1) is 18.7. The summed E-state index contributed by atoms with van der Waals surface area (Å²) < 4.78 is 0. The third-order valence-corrected chi connectivity index (χ3v) is 5.68. The second-order valence-corrected chi connectivity index (χ2v) is 7.10. The van der Waals surface area contributed by atoms with E-state index in [9.17, 15) is 9.59 Å². The molecule has 24 heavy (non-hydrogen) atoms. The Kier molecular flexibility index (Phi) is 6.21. The van der Waals surface area contributed by atoms with Gasteiger partial charge in [0.25, 0.3) is 0 Å². The molecule has 3 rings (SSSR count). The average molecular weight is 353 g/mol. The zero-order valence-corrected chi connectivity index (χ0v) is 14.6. The molecule has 0 amide bonds. The molecule has 1 aromatic heterocycles. The molecule has 6 heteroatoms. The molecule has 2 fully saturated rings. The van der Waals surface area contributed by atoms with Crippen LogP contribution in [0.25, 0.3) is 0 Å². The first-order valence-electron chi connectivity index (χ1n) is 8.48. The van der Waals surface area contributed by atoms with E-state index in [0.717, 1.165) is 63.7 Å². The number of halogens is 1. The van der Waals surface area contributed by atoms with Crippen molar-refractivity contribution in [1.29, 1.82) is 0 Å². The Bertz CT molecular complexity index is 558. The zero-order chi connectivity index (χ0) is 16.3. The maximum Gasteiger partial charge on any atom is 0.303 e. The van der Waals surface area contributed by atoms with Gasteiger partial charge in [0.2, 0.25) is 0 Å². The summed E-state index contributed by atoms with van der Waals surface area (Å²) in [4.78, 5) is 28.2. The molecular weight excluding hydrogens is 328 g/mol. The Labute approximate surface area is 148 Å². The van der Waals surface area contributed by atoms with Crippen molar-refractivity contribution in [2.24, 2.45) is 11.3 Å². The van der Waals surface area contributed by atoms with E-state index in [1.54, 1.807) is 6.20 Å². The molecule has 1 aliphatic carbocycles. The minimum absolute atomic E-state index is 0. The van der Waals surface area contributed by atoms with Crippen LogP contribution >= 0.6 is 12.4 Å². The van der Waals surface area contributed by atoms with Crippen molar-refractivity contribution in [2.75, 3.05) is 18.0 Å². The van der Waals surface area contributed by atoms with Crippen molar-refractivity contribution in [2.45, 2.75) is 44.9 Å². The molecule has 132 valence electrons. The van der Waals surface area contributed by atoms with Gasteiger partial charge in [-0.2, -0.15) is 0 Å². The fourth-order valence-corrected chi connectivity index (χ4v) is 4.11. The van der Waals surface area contributed by atoms with Crippen LogP contribution in [0.1, 0.15) is 55.3 Å². The van der Waals surface area contributed by atoms with E-state index in [0.29, 0.717) is 23.3 Å². The first-order valence-corrected chi connectivity index (χ1v) is 8.48. The average Bonchev–Trinajstić information content (AvgIpc) is 2.58. The molecule has 1 aromatic rings. The van der Waals surface area contributed by atoms with Crippen LogP contribution in [-0.4, -0.2) is 35.4 Å². The molecule has 0 unspecified atom stereocenters. The molecule has 1 saturated heterocycles. The van der Waals surface area contributed by atoms with Crippen molar-refractivity contribution < 1.29 is 14.7 Å². The molecule has 0 atom stereocenters. The quantitative estimate of drug-likeness (QED) is 0.839. The van der Waals surface area contributed by atoms with Crippen LogP contribution in [0.15, 0.2) is 18.3 Å². The molecule has 0 bridgehead atoms. The first-order chi connectivity index (χ1) is 11.1. The van der Waals surface area contributed by atoms with Gasteiger partial charge in [-0.05, 0) is 62.0 Å². The predicted molar refractivity (Wildman–Crippen MR) is 95.0 cm³/mol. The number of rotatable bonds is 4. The third kappa shape index (κ3) is 4.26. The van der Waals surface area contributed by atoms with Crippen molar-refractivity contribution >= 4 is 30.5 Å². The number of anilines is 1. The smallest absolute Gasteiger partial charge is 0.303 e. The number of aliphatic carboxylic acids is 1. The van der Waals surface area contributed by atoms with E-state index in [-0.39, 0.29) is 12.4 Å². The monoisotopic (exact) mass is 352 g/mol. The summed E-state index contributed by atoms with van der Waals surface area (Å²) in [6, 6.07) is 3.74. The topological polar surface area (TPSA) is 70.5 Å². The lowest BCUT2D eigenvalue weighted by molar-refractivity contribution is -0.138. The molecule has 1 N–H and O–H groups in total. The number of carbonyl (C=O) groups excluding carboxylic acids is 1. The molecule has 1 aliphatic heterocycles. The fourth-order valence-electron chi connectivity index (χ4n) is 4.11. The van der Waals surface area contributed by atoms with Crippen LogP contribution < -0.4 is 4.90 Å². The van der Waals surface area contributed by atoms with Gasteiger partial charge in [-0.25, -0.2) is 4.98 Å². The summed E-state index contributed by atoms with van der Waals surface area (Å²) >= 11 is 0. The lowest BCUT2D eigenvalue weighted by Crippen LogP contribution is -2.42. The van der Waals surface area contributed by atoms with E-state index < -0.39 is 5.97 Å². The van der Waals surface area contributed by atoms with Crippen LogP contribution in [-0.2, 0) is 4.79 Å². The second kappa shape index (κ2) is 7.97. The summed E-state index contributed by atoms with van der Waals surface area (Å²) in [5, 5.41) is 8.93. The minimum Gasteiger partial charge on any atom is -0.481 e. The van der Waals surface area contributed by atoms with Crippen LogP contribution in [0, 0.1) is 11.3 Å². The number of hydrogen-bond donors (Lipinski definition) is 1. The maximum absolute atomic E-state index is 10.8. The predicted octanol–water partition coefficient (Wildman–Crippen LogP) is 3.57. The Morgan fingerprint density at radius 3 is 2.42 bits per heavy atom. The molecule has 0 radical (unpaired) electrons. The van der Waals surface area contributed by atoms with Crippen LogP contribution in [0.4, 0.5) is 5.82 Å². The molecule has 1 spiro atoms. The summed E-state index contributed by atoms with van der Waals surface area (Å²) in [6.07, 6.45) is 9.52. The molecular formula is C18H25ClN2O3. The number of carboxylic acid groups (broad SMARTS) is 1. The van der Waals surface area contributed by atoms with Gasteiger partial charge in [0.1, 0.15) is 5.82 Å². The van der Waals surface area contributed by atoms with Gasteiger partial charge in [-0.1, -0.05) is 0 Å². The lowest BCUT2D eigenvalue weighted by Gasteiger charge is -2.46. The van der Waals surface area contributed by atoms with E-state index in [1.807, 2.05) is 12.1 Å². The second-order valence-electron chi connectivity index (χ2n) is 7.10. The van der Waals surface area contributed by atoms with E-state index in [1.165, 1.54) is 0 Å². The standard InChI is InChI=1S/C18H24N2O3.ClH/c21-13-15-1-2-16(19-12-15)20-9-7-18(8-10-20)5-3-14(4-6-18)11-17(22)23;/h1-2,12-14H,3-11H2,(H,22,23);1H. The Balaban J connectivity index is 0.00000208. The number of nitrogens with zero attached hydrogens (tertiary/aromatic N) is 2. The number of carboxylic acids is 1. The summed E-state index contributed by atoms with van der Waals surface area (Å²) in [7, 11) is 0. The van der Waals surface area contributed by atoms with Crippen molar-refractivity contribution in [1.82, 2.24) is 4.98 Å². The highest BCUT2D eigenvalue weighted by Gasteiger charge is 2.38. The summed E-state index contributed by atoms with van der Waals surface area (Å²) in [5.74, 6) is 0.657. The summed E-state index contributed by atoms with van der Waals surface area (Å²) in [5.41, 5.74) is 1.02. The number of piperidine rings is 1. The largest absolute Gasteiger partial charge is 0.481 e. The van der Waals surface area contributed by atoms with Gasteiger partial charge in [0, 0.05) is 31.3 Å². The number of aromatic nitrogens is 1. The minimum atomic E-state index is -0.661. The molecule has 0 aromatic carbocycles. The summed E-state index contributed by atoms with van der Waals surface area (Å²) in [6.45, 7) is 1.99. The van der Waals surface area contributed by atoms with Crippen LogP contribution in [0.5, 0.6) is 0 Å². The van der Waals surface area contributed by atoms with E-state index >= 15 is 0 Å². The Morgan fingerprint density at radius 2 is 1.92 bits per heavy atom. The van der Waals surface area contributed by atoms with E-state index in [2.05, 4.69) is 9.88 Å². The van der Waals surface area contributed by atoms with Gasteiger partial charge >= 0.3 is 5.97 Å². The Hall–Kier alpha value is -1.62. The zero-order valence-electron chi connectivity index (χ0n) is 13.8. The molecule has 2 aliphatic rings. The van der Waals surface area contributed by atoms with Crippen LogP contribution in [0.2, 0.25) is 0 Å². The Morgan fingerprint density at radius 1 is 1.25 bits per heavy atom. The molecule has 2 heterocycles. The maximum atomic E-state index is 10.8. The van der Waals surface area contributed by atoms with Gasteiger partial charge in [0.15, 0.2) is 6.29 Å². The third-order valence-electron chi connectivity index (χ3n) is 5.68. The molecule has 1 saturated carbocycles. The fraction of sp³-hybridized carbons (Fsp3) is 0.611. The molecule has 5 nitrogen and oxygen atoms in total. The SMILES string of the molecule is Cl.O=Cc1ccc(N2CCC3(CCC(CC(=O)O)CC3)CC2)nc1. The van der Waals surface area contributed by atoms with Crippen molar-refractivity contribution in [3.8, 4) is 0 Å². The highest BCUT2D eigenvalue weighted by molar-refractivity contribution is 5.85. The number of hydrogen-bond acceptors (Lipinski definition) is 4. The normalized spacial score (nSPS) is 20.4. The van der Waals surface area contributed by atoms with E-state index in [4.69, 9.17) is 5.11 Å². The highest BCUT2D eigenvalue weighted by Crippen LogP contribution is 2.47.